The van der Waals surface area contributed by atoms with E-state index < -0.39 is 28.5 Å². The third-order valence-electron chi connectivity index (χ3n) is 3.46. The number of hydrogen-bond acceptors (Lipinski definition) is 6. The summed E-state index contributed by atoms with van der Waals surface area (Å²) in [6, 6.07) is 12.1. The van der Waals surface area contributed by atoms with Crippen molar-refractivity contribution in [1.29, 1.82) is 0 Å². The monoisotopic (exact) mass is 392 g/mol. The number of carbonyl (C=O) groups excluding carboxylic acids is 2. The van der Waals surface area contributed by atoms with Crippen LogP contribution in [0.3, 0.4) is 0 Å². The lowest BCUT2D eigenvalue weighted by molar-refractivity contribution is -0.119. The summed E-state index contributed by atoms with van der Waals surface area (Å²) in [7, 11) is -2.30. The number of para-hydroxylation sites is 2. The van der Waals surface area contributed by atoms with E-state index in [1.165, 1.54) is 31.3 Å². The maximum Gasteiger partial charge on any atom is 0.338 e. The first-order chi connectivity index (χ1) is 12.9. The molecule has 0 aromatic heterocycles. The third-order valence-corrected chi connectivity index (χ3v) is 4.89. The molecule has 0 spiro atoms. The molecule has 0 bridgehead atoms. The predicted molar refractivity (Wildman–Crippen MR) is 99.2 cm³/mol. The highest BCUT2D eigenvalue weighted by Gasteiger charge is 2.15. The molecular formula is C18H20N2O6S. The summed E-state index contributed by atoms with van der Waals surface area (Å²) >= 11 is 0. The average molecular weight is 392 g/mol. The SMILES string of the molecule is CCOc1ccccc1NC(=O)COC(=O)c1ccc(S(=O)(=O)NC)cc1. The van der Waals surface area contributed by atoms with Crippen LogP contribution in [0.25, 0.3) is 0 Å². The number of ether oxygens (including phenoxy) is 2. The minimum atomic E-state index is -3.59. The Morgan fingerprint density at radius 3 is 2.33 bits per heavy atom. The van der Waals surface area contributed by atoms with Gasteiger partial charge in [-0.2, -0.15) is 0 Å². The molecule has 8 nitrogen and oxygen atoms in total. The molecule has 0 aliphatic carbocycles. The molecule has 0 saturated heterocycles. The molecule has 9 heteroatoms. The Labute approximate surface area is 157 Å². The number of anilines is 1. The van der Waals surface area contributed by atoms with E-state index in [0.29, 0.717) is 18.0 Å². The van der Waals surface area contributed by atoms with E-state index in [0.717, 1.165) is 0 Å². The molecular weight excluding hydrogens is 372 g/mol. The smallest absolute Gasteiger partial charge is 0.338 e. The van der Waals surface area contributed by atoms with Crippen molar-refractivity contribution in [3.8, 4) is 5.75 Å². The van der Waals surface area contributed by atoms with Crippen LogP contribution in [0.1, 0.15) is 17.3 Å². The van der Waals surface area contributed by atoms with E-state index >= 15 is 0 Å². The molecule has 0 aliphatic heterocycles. The first kappa shape index (κ1) is 20.4. The zero-order valence-electron chi connectivity index (χ0n) is 14.9. The van der Waals surface area contributed by atoms with E-state index in [4.69, 9.17) is 9.47 Å². The Morgan fingerprint density at radius 1 is 1.04 bits per heavy atom. The maximum absolute atomic E-state index is 12.0. The normalized spacial score (nSPS) is 10.9. The standard InChI is InChI=1S/C18H20N2O6S/c1-3-25-16-7-5-4-6-15(16)20-17(21)12-26-18(22)13-8-10-14(11-9-13)27(23,24)19-2/h4-11,19H,3,12H2,1-2H3,(H,20,21). The molecule has 0 atom stereocenters. The van der Waals surface area contributed by atoms with Crippen molar-refractivity contribution in [2.75, 3.05) is 25.6 Å². The Bertz CT molecular complexity index is 910. The zero-order chi connectivity index (χ0) is 19.9. The molecule has 27 heavy (non-hydrogen) atoms. The van der Waals surface area contributed by atoms with Gasteiger partial charge in [0.05, 0.1) is 22.8 Å². The number of sulfonamides is 1. The van der Waals surface area contributed by atoms with Gasteiger partial charge in [0.25, 0.3) is 5.91 Å². The Kier molecular flexibility index (Phi) is 6.91. The van der Waals surface area contributed by atoms with Gasteiger partial charge < -0.3 is 14.8 Å². The summed E-state index contributed by atoms with van der Waals surface area (Å²) in [5.74, 6) is -0.748. The highest BCUT2D eigenvalue weighted by atomic mass is 32.2. The van der Waals surface area contributed by atoms with E-state index in [9.17, 15) is 18.0 Å². The van der Waals surface area contributed by atoms with Gasteiger partial charge in [-0.15, -0.1) is 0 Å². The van der Waals surface area contributed by atoms with Gasteiger partial charge in [0, 0.05) is 0 Å². The van der Waals surface area contributed by atoms with Crippen LogP contribution in [-0.4, -0.2) is 40.6 Å². The van der Waals surface area contributed by atoms with Crippen molar-refractivity contribution < 1.29 is 27.5 Å². The first-order valence-corrected chi connectivity index (χ1v) is 9.58. The zero-order valence-corrected chi connectivity index (χ0v) is 15.7. The van der Waals surface area contributed by atoms with Gasteiger partial charge in [-0.25, -0.2) is 17.9 Å². The average Bonchev–Trinajstić information content (AvgIpc) is 2.68. The highest BCUT2D eigenvalue weighted by Crippen LogP contribution is 2.23. The number of carbonyl (C=O) groups is 2. The molecule has 144 valence electrons. The fourth-order valence-electron chi connectivity index (χ4n) is 2.14. The third kappa shape index (κ3) is 5.53. The van der Waals surface area contributed by atoms with Crippen molar-refractivity contribution in [3.05, 3.63) is 54.1 Å². The van der Waals surface area contributed by atoms with Crippen molar-refractivity contribution in [2.45, 2.75) is 11.8 Å². The van der Waals surface area contributed by atoms with Crippen LogP contribution in [-0.2, 0) is 19.6 Å². The largest absolute Gasteiger partial charge is 0.492 e. The fourth-order valence-corrected chi connectivity index (χ4v) is 2.87. The predicted octanol–water partition coefficient (Wildman–Crippen LogP) is 1.79. The summed E-state index contributed by atoms with van der Waals surface area (Å²) in [6.07, 6.45) is 0. The van der Waals surface area contributed by atoms with Crippen LogP contribution < -0.4 is 14.8 Å². The minimum Gasteiger partial charge on any atom is -0.492 e. The van der Waals surface area contributed by atoms with Crippen molar-refractivity contribution in [1.82, 2.24) is 4.72 Å². The van der Waals surface area contributed by atoms with Crippen molar-refractivity contribution in [2.24, 2.45) is 0 Å². The number of amides is 1. The number of esters is 1. The van der Waals surface area contributed by atoms with Gasteiger partial charge in [-0.05, 0) is 50.4 Å². The number of hydrogen-bond donors (Lipinski definition) is 2. The van der Waals surface area contributed by atoms with Crippen LogP contribution >= 0.6 is 0 Å². The minimum absolute atomic E-state index is 0.0202. The van der Waals surface area contributed by atoms with E-state index in [1.807, 2.05) is 6.92 Å². The fraction of sp³-hybridized carbons (Fsp3) is 0.222. The van der Waals surface area contributed by atoms with Crippen LogP contribution in [0.2, 0.25) is 0 Å². The molecule has 0 aliphatic rings. The summed E-state index contributed by atoms with van der Waals surface area (Å²) < 4.78 is 35.8. The van der Waals surface area contributed by atoms with Crippen molar-refractivity contribution >= 4 is 27.6 Å². The summed E-state index contributed by atoms with van der Waals surface area (Å²) in [5, 5.41) is 2.61. The second-order valence-electron chi connectivity index (χ2n) is 5.29. The Morgan fingerprint density at radius 2 is 1.70 bits per heavy atom. The topological polar surface area (TPSA) is 111 Å². The van der Waals surface area contributed by atoms with E-state index in [2.05, 4.69) is 10.0 Å². The van der Waals surface area contributed by atoms with Gasteiger partial charge >= 0.3 is 5.97 Å². The first-order valence-electron chi connectivity index (χ1n) is 8.09. The van der Waals surface area contributed by atoms with Gasteiger partial charge in [0.15, 0.2) is 6.61 Å². The second-order valence-corrected chi connectivity index (χ2v) is 7.17. The Hall–Kier alpha value is -2.91. The molecule has 2 aromatic carbocycles. The lowest BCUT2D eigenvalue weighted by Gasteiger charge is -2.11. The summed E-state index contributed by atoms with van der Waals surface area (Å²) in [5.41, 5.74) is 0.606. The molecule has 0 radical (unpaired) electrons. The lowest BCUT2D eigenvalue weighted by Crippen LogP contribution is -2.21. The Balaban J connectivity index is 1.94. The quantitative estimate of drug-likeness (QED) is 0.663. The molecule has 0 unspecified atom stereocenters. The van der Waals surface area contributed by atoms with Gasteiger partial charge in [-0.1, -0.05) is 12.1 Å². The van der Waals surface area contributed by atoms with Crippen LogP contribution in [0.15, 0.2) is 53.4 Å². The van der Waals surface area contributed by atoms with Crippen LogP contribution in [0.4, 0.5) is 5.69 Å². The van der Waals surface area contributed by atoms with Gasteiger partial charge in [0.1, 0.15) is 5.75 Å². The number of benzene rings is 2. The molecule has 0 fully saturated rings. The number of nitrogens with one attached hydrogen (secondary N) is 2. The van der Waals surface area contributed by atoms with Crippen LogP contribution in [0.5, 0.6) is 5.75 Å². The maximum atomic E-state index is 12.0. The van der Waals surface area contributed by atoms with Crippen molar-refractivity contribution in [3.63, 3.8) is 0 Å². The molecule has 2 N–H and O–H groups in total. The molecule has 2 rings (SSSR count). The second kappa shape index (κ2) is 9.15. The summed E-state index contributed by atoms with van der Waals surface area (Å²) in [6.45, 7) is 1.78. The molecule has 2 aromatic rings. The highest BCUT2D eigenvalue weighted by molar-refractivity contribution is 7.89. The van der Waals surface area contributed by atoms with Gasteiger partial charge in [0.2, 0.25) is 10.0 Å². The molecule has 0 heterocycles. The molecule has 1 amide bonds. The van der Waals surface area contributed by atoms with E-state index in [1.54, 1.807) is 24.3 Å². The van der Waals surface area contributed by atoms with E-state index in [-0.39, 0.29) is 10.5 Å². The lowest BCUT2D eigenvalue weighted by atomic mass is 10.2. The van der Waals surface area contributed by atoms with Crippen LogP contribution in [0, 0.1) is 0 Å². The van der Waals surface area contributed by atoms with Gasteiger partial charge in [-0.3, -0.25) is 4.79 Å². The molecule has 0 saturated carbocycles. The summed E-state index contributed by atoms with van der Waals surface area (Å²) in [4.78, 5) is 24.0. The number of rotatable bonds is 8.